The van der Waals surface area contributed by atoms with Crippen LogP contribution in [-0.2, 0) is 14.4 Å². The van der Waals surface area contributed by atoms with Gasteiger partial charge in [-0.25, -0.2) is 0 Å². The van der Waals surface area contributed by atoms with Crippen LogP contribution in [0.1, 0.15) is 33.1 Å². The highest BCUT2D eigenvalue weighted by molar-refractivity contribution is 7.99. The smallest absolute Gasteiger partial charge is 0.305 e. The summed E-state index contributed by atoms with van der Waals surface area (Å²) in [6.45, 7) is 4.09. The van der Waals surface area contributed by atoms with Crippen molar-refractivity contribution >= 4 is 29.5 Å². The van der Waals surface area contributed by atoms with Crippen molar-refractivity contribution in [3.63, 3.8) is 0 Å². The van der Waals surface area contributed by atoms with Gasteiger partial charge in [0.1, 0.15) is 6.10 Å². The molecule has 0 saturated carbocycles. The van der Waals surface area contributed by atoms with E-state index in [4.69, 9.17) is 5.11 Å². The number of thioether (sulfide) groups is 1. The van der Waals surface area contributed by atoms with Crippen molar-refractivity contribution in [2.75, 3.05) is 24.6 Å². The molecule has 2 atom stereocenters. The first-order valence-electron chi connectivity index (χ1n) is 7.94. The monoisotopic (exact) mass is 364 g/mol. The van der Waals surface area contributed by atoms with E-state index in [0.717, 1.165) is 0 Å². The van der Waals surface area contributed by atoms with Crippen molar-refractivity contribution in [3.05, 3.63) is 0 Å². The molecule has 0 rings (SSSR count). The van der Waals surface area contributed by atoms with Gasteiger partial charge in [-0.2, -0.15) is 11.8 Å². The van der Waals surface area contributed by atoms with Gasteiger partial charge in [0.2, 0.25) is 11.8 Å². The fraction of sp³-hybridized carbons (Fsp3) is 0.800. The lowest BCUT2D eigenvalue weighted by atomic mass is 10.1. The standard InChI is InChI=1S/C15H28N2O6S/c1-10(2)14(22)15(23)17-5-3-12(19)16-6-8-24-7-4-11(18)9-13(20)21/h10-11,14,18,22H,3-9H2,1-2H3,(H,16,19)(H,17,23)(H,20,21)/t11?,14-/m1/s1. The maximum Gasteiger partial charge on any atom is 0.305 e. The number of aliphatic hydroxyl groups excluding tert-OH is 2. The van der Waals surface area contributed by atoms with E-state index in [0.29, 0.717) is 24.5 Å². The zero-order valence-electron chi connectivity index (χ0n) is 14.2. The highest BCUT2D eigenvalue weighted by atomic mass is 32.2. The summed E-state index contributed by atoms with van der Waals surface area (Å²) in [5.41, 5.74) is 0. The van der Waals surface area contributed by atoms with Crippen LogP contribution in [0.4, 0.5) is 0 Å². The first-order chi connectivity index (χ1) is 11.2. The maximum absolute atomic E-state index is 11.6. The molecule has 0 spiro atoms. The fourth-order valence-electron chi connectivity index (χ4n) is 1.68. The van der Waals surface area contributed by atoms with Crippen molar-refractivity contribution in [2.45, 2.75) is 45.3 Å². The van der Waals surface area contributed by atoms with Gasteiger partial charge in [-0.05, 0) is 18.1 Å². The number of carboxylic acids is 1. The normalized spacial score (nSPS) is 13.4. The molecule has 0 radical (unpaired) electrons. The summed E-state index contributed by atoms with van der Waals surface area (Å²) in [6, 6.07) is 0. The summed E-state index contributed by atoms with van der Waals surface area (Å²) in [6.07, 6.45) is -1.63. The Hall–Kier alpha value is -1.32. The molecule has 0 aromatic rings. The zero-order chi connectivity index (χ0) is 18.5. The van der Waals surface area contributed by atoms with Crippen LogP contribution < -0.4 is 10.6 Å². The van der Waals surface area contributed by atoms with Crippen LogP contribution in [0, 0.1) is 5.92 Å². The van der Waals surface area contributed by atoms with E-state index in [-0.39, 0.29) is 31.2 Å². The average molecular weight is 364 g/mol. The first kappa shape index (κ1) is 22.7. The number of hydrogen-bond donors (Lipinski definition) is 5. The van der Waals surface area contributed by atoms with Crippen LogP contribution in [-0.4, -0.2) is 69.9 Å². The molecule has 0 aliphatic rings. The molecule has 8 nitrogen and oxygen atoms in total. The number of carbonyl (C=O) groups excluding carboxylic acids is 2. The van der Waals surface area contributed by atoms with Gasteiger partial charge in [0.15, 0.2) is 0 Å². The van der Waals surface area contributed by atoms with Crippen molar-refractivity contribution in [2.24, 2.45) is 5.92 Å². The Labute approximate surface area is 146 Å². The van der Waals surface area contributed by atoms with Crippen LogP contribution in [0.15, 0.2) is 0 Å². The summed E-state index contributed by atoms with van der Waals surface area (Å²) >= 11 is 1.52. The Morgan fingerprint density at radius 1 is 1.04 bits per heavy atom. The molecule has 2 amide bonds. The molecule has 1 unspecified atom stereocenters. The molecule has 0 aliphatic heterocycles. The highest BCUT2D eigenvalue weighted by Crippen LogP contribution is 2.06. The summed E-state index contributed by atoms with van der Waals surface area (Å²) in [5, 5.41) is 32.6. The van der Waals surface area contributed by atoms with Gasteiger partial charge in [0, 0.05) is 25.3 Å². The molecule has 140 valence electrons. The minimum atomic E-state index is -1.07. The number of carboxylic acid groups (broad SMARTS) is 1. The predicted molar refractivity (Wildman–Crippen MR) is 91.7 cm³/mol. The zero-order valence-corrected chi connectivity index (χ0v) is 15.0. The van der Waals surface area contributed by atoms with Gasteiger partial charge in [0.05, 0.1) is 12.5 Å². The van der Waals surface area contributed by atoms with Crippen molar-refractivity contribution in [1.29, 1.82) is 0 Å². The first-order valence-corrected chi connectivity index (χ1v) is 9.09. The average Bonchev–Trinajstić information content (AvgIpc) is 2.48. The van der Waals surface area contributed by atoms with Gasteiger partial charge in [0.25, 0.3) is 0 Å². The number of nitrogens with one attached hydrogen (secondary N) is 2. The quantitative estimate of drug-likeness (QED) is 0.280. The highest BCUT2D eigenvalue weighted by Gasteiger charge is 2.18. The lowest BCUT2D eigenvalue weighted by Gasteiger charge is -2.14. The fourth-order valence-corrected chi connectivity index (χ4v) is 2.57. The van der Waals surface area contributed by atoms with E-state index >= 15 is 0 Å². The second-order valence-electron chi connectivity index (χ2n) is 5.73. The van der Waals surface area contributed by atoms with E-state index in [2.05, 4.69) is 10.6 Å². The van der Waals surface area contributed by atoms with Crippen LogP contribution in [0.3, 0.4) is 0 Å². The van der Waals surface area contributed by atoms with Crippen LogP contribution in [0.25, 0.3) is 0 Å². The third kappa shape index (κ3) is 12.1. The Kier molecular flexibility index (Phi) is 12.3. The molecule has 5 N–H and O–H groups in total. The van der Waals surface area contributed by atoms with E-state index in [1.165, 1.54) is 11.8 Å². The number of carbonyl (C=O) groups is 3. The Bertz CT molecular complexity index is 405. The Morgan fingerprint density at radius 3 is 2.29 bits per heavy atom. The van der Waals surface area contributed by atoms with Gasteiger partial charge in [-0.1, -0.05) is 13.8 Å². The van der Waals surface area contributed by atoms with E-state index < -0.39 is 24.1 Å². The molecule has 0 aromatic carbocycles. The van der Waals surface area contributed by atoms with Gasteiger partial charge in [-0.15, -0.1) is 0 Å². The number of rotatable bonds is 13. The third-order valence-electron chi connectivity index (χ3n) is 3.13. The molecule has 0 bridgehead atoms. The Balaban J connectivity index is 3.57. The van der Waals surface area contributed by atoms with Crippen LogP contribution in [0.5, 0.6) is 0 Å². The van der Waals surface area contributed by atoms with Crippen molar-refractivity contribution in [3.8, 4) is 0 Å². The van der Waals surface area contributed by atoms with Crippen molar-refractivity contribution in [1.82, 2.24) is 10.6 Å². The topological polar surface area (TPSA) is 136 Å². The largest absolute Gasteiger partial charge is 0.481 e. The molecular formula is C15H28N2O6S. The second-order valence-corrected chi connectivity index (χ2v) is 6.96. The number of aliphatic hydroxyl groups is 2. The third-order valence-corrected chi connectivity index (χ3v) is 4.14. The minimum Gasteiger partial charge on any atom is -0.481 e. The summed E-state index contributed by atoms with van der Waals surface area (Å²) < 4.78 is 0. The summed E-state index contributed by atoms with van der Waals surface area (Å²) in [4.78, 5) is 33.4. The number of hydrogen-bond acceptors (Lipinski definition) is 6. The molecular weight excluding hydrogens is 336 g/mol. The molecule has 0 aromatic heterocycles. The molecule has 24 heavy (non-hydrogen) atoms. The second kappa shape index (κ2) is 13.0. The van der Waals surface area contributed by atoms with Gasteiger partial charge in [-0.3, -0.25) is 14.4 Å². The molecule has 0 heterocycles. The van der Waals surface area contributed by atoms with Gasteiger partial charge < -0.3 is 26.0 Å². The lowest BCUT2D eigenvalue weighted by molar-refractivity contribution is -0.139. The maximum atomic E-state index is 11.6. The summed E-state index contributed by atoms with van der Waals surface area (Å²) in [7, 11) is 0. The number of aliphatic carboxylic acids is 1. The predicted octanol–water partition coefficient (Wildman–Crippen LogP) is -0.415. The van der Waals surface area contributed by atoms with E-state index in [1.54, 1.807) is 13.8 Å². The van der Waals surface area contributed by atoms with Crippen molar-refractivity contribution < 1.29 is 29.7 Å². The molecule has 0 aliphatic carbocycles. The molecule has 0 fully saturated rings. The van der Waals surface area contributed by atoms with Gasteiger partial charge >= 0.3 is 5.97 Å². The number of amides is 2. The van der Waals surface area contributed by atoms with E-state index in [9.17, 15) is 24.6 Å². The van der Waals surface area contributed by atoms with Crippen LogP contribution in [0.2, 0.25) is 0 Å². The van der Waals surface area contributed by atoms with Crippen LogP contribution >= 0.6 is 11.8 Å². The minimum absolute atomic E-state index is 0.137. The SMILES string of the molecule is CC(C)[C@@H](O)C(=O)NCCC(=O)NCCSCCC(O)CC(=O)O. The summed E-state index contributed by atoms with van der Waals surface area (Å²) in [5.74, 6) is -0.594. The lowest BCUT2D eigenvalue weighted by Crippen LogP contribution is -2.39. The molecule has 0 saturated heterocycles. The Morgan fingerprint density at radius 2 is 1.71 bits per heavy atom. The van der Waals surface area contributed by atoms with E-state index in [1.807, 2.05) is 0 Å². The molecule has 9 heteroatoms.